The maximum Gasteiger partial charge on any atom is 0.241 e. The first-order chi connectivity index (χ1) is 9.71. The van der Waals surface area contributed by atoms with Crippen LogP contribution in [-0.4, -0.2) is 35.5 Å². The zero-order valence-electron chi connectivity index (χ0n) is 12.4. The van der Waals surface area contributed by atoms with Crippen LogP contribution in [-0.2, 0) is 14.4 Å². The minimum atomic E-state index is -1.08. The van der Waals surface area contributed by atoms with Gasteiger partial charge in [0.25, 0.3) is 0 Å². The first-order valence-corrected chi connectivity index (χ1v) is 8.68. The van der Waals surface area contributed by atoms with Crippen molar-refractivity contribution in [1.82, 2.24) is 4.90 Å². The van der Waals surface area contributed by atoms with Crippen molar-refractivity contribution in [1.29, 1.82) is 0 Å². The van der Waals surface area contributed by atoms with Crippen LogP contribution in [0, 0.1) is 23.2 Å². The number of carbonyl (C=O) groups excluding carboxylic acids is 3. The van der Waals surface area contributed by atoms with Crippen LogP contribution >= 0.6 is 31.9 Å². The predicted molar refractivity (Wildman–Crippen MR) is 87.1 cm³/mol. The average molecular weight is 421 g/mol. The maximum atomic E-state index is 12.7. The molecule has 116 valence electrons. The van der Waals surface area contributed by atoms with Gasteiger partial charge >= 0.3 is 0 Å². The van der Waals surface area contributed by atoms with Gasteiger partial charge in [-0.2, -0.15) is 0 Å². The Morgan fingerprint density at radius 2 is 2.00 bits per heavy atom. The lowest BCUT2D eigenvalue weighted by Crippen LogP contribution is -2.33. The molecule has 1 aliphatic heterocycles. The lowest BCUT2D eigenvalue weighted by molar-refractivity contribution is -0.139. The van der Waals surface area contributed by atoms with Crippen LogP contribution in [0.4, 0.5) is 0 Å². The minimum Gasteiger partial charge on any atom is -0.334 e. The van der Waals surface area contributed by atoms with Crippen molar-refractivity contribution in [3.8, 4) is 0 Å². The van der Waals surface area contributed by atoms with E-state index >= 15 is 0 Å². The number of likely N-dealkylation sites (tertiary alicyclic amines) is 1. The van der Waals surface area contributed by atoms with Crippen LogP contribution < -0.4 is 0 Å². The third-order valence-corrected chi connectivity index (χ3v) is 5.06. The molecule has 4 nitrogen and oxygen atoms in total. The molecule has 1 amide bonds. The number of Topliss-reactive ketones (excluding diaryl/α,β-unsaturated/α-hetero) is 2. The largest absolute Gasteiger partial charge is 0.334 e. The zero-order valence-corrected chi connectivity index (χ0v) is 15.5. The molecule has 21 heavy (non-hydrogen) atoms. The van der Waals surface area contributed by atoms with Gasteiger partial charge in [0.15, 0.2) is 17.5 Å². The van der Waals surface area contributed by atoms with Crippen LogP contribution in [0.3, 0.4) is 0 Å². The van der Waals surface area contributed by atoms with Crippen LogP contribution in [0.5, 0.6) is 0 Å². The van der Waals surface area contributed by atoms with E-state index in [0.717, 1.165) is 9.81 Å². The molecule has 6 heteroatoms. The highest BCUT2D eigenvalue weighted by Crippen LogP contribution is 2.61. The van der Waals surface area contributed by atoms with Crippen molar-refractivity contribution >= 4 is 49.3 Å². The van der Waals surface area contributed by atoms with Crippen molar-refractivity contribution < 1.29 is 14.4 Å². The molecule has 2 fully saturated rings. The summed E-state index contributed by atoms with van der Waals surface area (Å²) in [6.45, 7) is 6.56. The summed E-state index contributed by atoms with van der Waals surface area (Å²) in [4.78, 5) is 38.5. The van der Waals surface area contributed by atoms with E-state index in [4.69, 9.17) is 0 Å². The maximum absolute atomic E-state index is 12.7. The molecule has 0 radical (unpaired) electrons. The summed E-state index contributed by atoms with van der Waals surface area (Å²) in [5.41, 5.74) is -0.206. The molecule has 0 aromatic rings. The lowest BCUT2D eigenvalue weighted by Gasteiger charge is -2.13. The zero-order chi connectivity index (χ0) is 15.9. The SMILES string of the molecule is CCCN1CC(=O)C(C(=O)C2C(C=C(Br)Br)C2(C)C)C1=O. The number of rotatable bonds is 5. The van der Waals surface area contributed by atoms with Gasteiger partial charge in [0.05, 0.1) is 9.94 Å². The molecule has 0 aromatic heterocycles. The number of halogens is 2. The molecule has 0 N–H and O–H groups in total. The minimum absolute atomic E-state index is 0.0552. The topological polar surface area (TPSA) is 54.5 Å². The molecule has 2 rings (SSSR count). The Labute approximate surface area is 141 Å². The first kappa shape index (κ1) is 16.9. The average Bonchev–Trinajstić information content (AvgIpc) is 2.75. The van der Waals surface area contributed by atoms with Crippen LogP contribution in [0.25, 0.3) is 0 Å². The monoisotopic (exact) mass is 419 g/mol. The Bertz CT molecular complexity index is 523. The molecule has 1 aliphatic carbocycles. The number of carbonyl (C=O) groups is 3. The van der Waals surface area contributed by atoms with Gasteiger partial charge < -0.3 is 4.90 Å². The van der Waals surface area contributed by atoms with E-state index in [2.05, 4.69) is 31.9 Å². The van der Waals surface area contributed by atoms with Crippen molar-refractivity contribution in [2.45, 2.75) is 27.2 Å². The normalized spacial score (nSPS) is 30.5. The molecular formula is C15H19Br2NO3. The van der Waals surface area contributed by atoms with E-state index in [0.29, 0.717) is 6.54 Å². The molecule has 0 spiro atoms. The third kappa shape index (κ3) is 3.02. The Hall–Kier alpha value is -0.490. The summed E-state index contributed by atoms with van der Waals surface area (Å²) < 4.78 is 0.792. The summed E-state index contributed by atoms with van der Waals surface area (Å²) >= 11 is 6.61. The number of allylic oxidation sites excluding steroid dienone is 1. The molecule has 3 atom stereocenters. The molecule has 2 aliphatic rings. The summed E-state index contributed by atoms with van der Waals surface area (Å²) in [6.07, 6.45) is 2.72. The quantitative estimate of drug-likeness (QED) is 0.642. The van der Waals surface area contributed by atoms with Gasteiger partial charge in [-0.1, -0.05) is 26.8 Å². The third-order valence-electron chi connectivity index (χ3n) is 4.53. The highest BCUT2D eigenvalue weighted by molar-refractivity contribution is 9.28. The Balaban J connectivity index is 2.16. The second kappa shape index (κ2) is 5.95. The van der Waals surface area contributed by atoms with Crippen LogP contribution in [0.1, 0.15) is 27.2 Å². The predicted octanol–water partition coefficient (Wildman–Crippen LogP) is 2.90. The van der Waals surface area contributed by atoms with Gasteiger partial charge in [0.1, 0.15) is 0 Å². The second-order valence-corrected chi connectivity index (χ2v) is 9.12. The molecular weight excluding hydrogens is 402 g/mol. The van der Waals surface area contributed by atoms with E-state index < -0.39 is 5.92 Å². The summed E-state index contributed by atoms with van der Waals surface area (Å²) in [5.74, 6) is -2.05. The smallest absolute Gasteiger partial charge is 0.241 e. The Morgan fingerprint density at radius 3 is 2.52 bits per heavy atom. The van der Waals surface area contributed by atoms with Gasteiger partial charge in [-0.05, 0) is 49.6 Å². The van der Waals surface area contributed by atoms with Crippen molar-refractivity contribution in [2.75, 3.05) is 13.1 Å². The van der Waals surface area contributed by atoms with E-state index in [9.17, 15) is 14.4 Å². The van der Waals surface area contributed by atoms with E-state index in [1.807, 2.05) is 26.8 Å². The highest BCUT2D eigenvalue weighted by Gasteiger charge is 2.63. The number of amides is 1. The summed E-state index contributed by atoms with van der Waals surface area (Å²) in [5, 5.41) is 0. The number of ketones is 2. The van der Waals surface area contributed by atoms with Crippen LogP contribution in [0.2, 0.25) is 0 Å². The van der Waals surface area contributed by atoms with Gasteiger partial charge in [0.2, 0.25) is 5.91 Å². The Kier molecular flexibility index (Phi) is 4.78. The molecule has 1 saturated carbocycles. The molecule has 0 aromatic carbocycles. The Morgan fingerprint density at radius 1 is 1.38 bits per heavy atom. The van der Waals surface area contributed by atoms with Gasteiger partial charge in [-0.15, -0.1) is 0 Å². The fraction of sp³-hybridized carbons (Fsp3) is 0.667. The van der Waals surface area contributed by atoms with Crippen molar-refractivity contribution in [3.05, 3.63) is 9.47 Å². The molecule has 1 saturated heterocycles. The first-order valence-electron chi connectivity index (χ1n) is 7.09. The molecule has 3 unspecified atom stereocenters. The van der Waals surface area contributed by atoms with E-state index in [1.54, 1.807) is 0 Å². The van der Waals surface area contributed by atoms with Gasteiger partial charge in [0, 0.05) is 12.5 Å². The molecule has 1 heterocycles. The van der Waals surface area contributed by atoms with Crippen molar-refractivity contribution in [3.63, 3.8) is 0 Å². The summed E-state index contributed by atoms with van der Waals surface area (Å²) in [6, 6.07) is 0. The lowest BCUT2D eigenvalue weighted by atomic mass is 9.94. The van der Waals surface area contributed by atoms with Crippen molar-refractivity contribution in [2.24, 2.45) is 23.2 Å². The van der Waals surface area contributed by atoms with Gasteiger partial charge in [-0.3, -0.25) is 14.4 Å². The van der Waals surface area contributed by atoms with Gasteiger partial charge in [-0.25, -0.2) is 0 Å². The summed E-state index contributed by atoms with van der Waals surface area (Å²) in [7, 11) is 0. The second-order valence-electron chi connectivity index (χ2n) is 6.34. The fourth-order valence-corrected chi connectivity index (χ4v) is 3.83. The number of nitrogens with zero attached hydrogens (tertiary/aromatic N) is 1. The highest BCUT2D eigenvalue weighted by atomic mass is 79.9. The standard InChI is InChI=1S/C15H19Br2NO3/c1-4-5-18-7-9(19)11(14(18)21)13(20)12-8(6-10(16)17)15(12,2)3/h6,8,11-12H,4-5,7H2,1-3H3. The molecule has 0 bridgehead atoms. The number of hydrogen-bond donors (Lipinski definition) is 0. The fourth-order valence-electron chi connectivity index (χ4n) is 3.26. The van der Waals surface area contributed by atoms with Crippen LogP contribution in [0.15, 0.2) is 9.47 Å². The van der Waals surface area contributed by atoms with E-state index in [1.165, 1.54) is 4.90 Å². The number of hydrogen-bond acceptors (Lipinski definition) is 3. The van der Waals surface area contributed by atoms with E-state index in [-0.39, 0.29) is 41.3 Å².